The van der Waals surface area contributed by atoms with Crippen LogP contribution in [-0.4, -0.2) is 21.0 Å². The number of carbonyl (C=O) groups is 1. The maximum atomic E-state index is 12.4. The standard InChI is InChI=1S/C17H19NO4S/c1-3-22-17(19)15-10-6-7-11-16(15)18-23(20,21)12-14-9-5-4-8-13(14)2/h4-11,18H,3,12H2,1-2H3. The average Bonchev–Trinajstić information content (AvgIpc) is 2.50. The summed E-state index contributed by atoms with van der Waals surface area (Å²) in [7, 11) is -3.64. The number of hydrogen-bond acceptors (Lipinski definition) is 4. The second-order valence-corrected chi connectivity index (χ2v) is 6.78. The highest BCUT2D eigenvalue weighted by Crippen LogP contribution is 2.20. The van der Waals surface area contributed by atoms with Crippen molar-refractivity contribution in [1.29, 1.82) is 0 Å². The van der Waals surface area contributed by atoms with Crippen molar-refractivity contribution in [2.45, 2.75) is 19.6 Å². The van der Waals surface area contributed by atoms with Crippen LogP contribution in [0.25, 0.3) is 0 Å². The second kappa shape index (κ2) is 7.28. The van der Waals surface area contributed by atoms with E-state index in [1.165, 1.54) is 6.07 Å². The van der Waals surface area contributed by atoms with Gasteiger partial charge in [-0.25, -0.2) is 13.2 Å². The third-order valence-corrected chi connectivity index (χ3v) is 4.52. The predicted molar refractivity (Wildman–Crippen MR) is 89.8 cm³/mol. The summed E-state index contributed by atoms with van der Waals surface area (Å²) in [5, 5.41) is 0. The van der Waals surface area contributed by atoms with E-state index in [-0.39, 0.29) is 23.6 Å². The molecule has 0 amide bonds. The number of anilines is 1. The molecular formula is C17H19NO4S. The van der Waals surface area contributed by atoms with Crippen LogP contribution in [0.3, 0.4) is 0 Å². The summed E-state index contributed by atoms with van der Waals surface area (Å²) in [6, 6.07) is 13.7. The third-order valence-electron chi connectivity index (χ3n) is 3.29. The molecule has 6 heteroatoms. The second-order valence-electron chi connectivity index (χ2n) is 5.05. The van der Waals surface area contributed by atoms with Gasteiger partial charge in [-0.1, -0.05) is 36.4 Å². The van der Waals surface area contributed by atoms with Gasteiger partial charge in [-0.05, 0) is 37.1 Å². The number of para-hydroxylation sites is 1. The van der Waals surface area contributed by atoms with E-state index < -0.39 is 16.0 Å². The fraction of sp³-hybridized carbons (Fsp3) is 0.235. The molecule has 0 fully saturated rings. The van der Waals surface area contributed by atoms with E-state index in [0.29, 0.717) is 5.56 Å². The van der Waals surface area contributed by atoms with Crippen molar-refractivity contribution in [2.75, 3.05) is 11.3 Å². The monoisotopic (exact) mass is 333 g/mol. The highest BCUT2D eigenvalue weighted by molar-refractivity contribution is 7.91. The van der Waals surface area contributed by atoms with Crippen LogP contribution in [0, 0.1) is 6.92 Å². The molecule has 0 radical (unpaired) electrons. The Bertz CT molecular complexity index is 800. The number of carbonyl (C=O) groups excluding carboxylic acids is 1. The van der Waals surface area contributed by atoms with Gasteiger partial charge in [0.2, 0.25) is 10.0 Å². The normalized spacial score (nSPS) is 11.0. The lowest BCUT2D eigenvalue weighted by Gasteiger charge is -2.12. The molecule has 0 aliphatic heterocycles. The number of nitrogens with one attached hydrogen (secondary N) is 1. The summed E-state index contributed by atoms with van der Waals surface area (Å²) in [5.74, 6) is -0.710. The Morgan fingerprint density at radius 2 is 1.74 bits per heavy atom. The zero-order valence-electron chi connectivity index (χ0n) is 13.1. The molecule has 0 spiro atoms. The first kappa shape index (κ1) is 17.0. The first-order chi connectivity index (χ1) is 10.9. The minimum atomic E-state index is -3.64. The zero-order chi connectivity index (χ0) is 16.9. The summed E-state index contributed by atoms with van der Waals surface area (Å²) in [6.07, 6.45) is 0. The number of sulfonamides is 1. The fourth-order valence-corrected chi connectivity index (χ4v) is 3.46. The van der Waals surface area contributed by atoms with Gasteiger partial charge >= 0.3 is 5.97 Å². The minimum Gasteiger partial charge on any atom is -0.462 e. The van der Waals surface area contributed by atoms with Crippen molar-refractivity contribution in [2.24, 2.45) is 0 Å². The van der Waals surface area contributed by atoms with E-state index in [1.54, 1.807) is 37.3 Å². The number of rotatable bonds is 6. The number of ether oxygens (including phenoxy) is 1. The van der Waals surface area contributed by atoms with Gasteiger partial charge in [-0.3, -0.25) is 4.72 Å². The van der Waals surface area contributed by atoms with Crippen LogP contribution in [0.4, 0.5) is 5.69 Å². The summed E-state index contributed by atoms with van der Waals surface area (Å²) in [5.41, 5.74) is 2.03. The Hall–Kier alpha value is -2.34. The van der Waals surface area contributed by atoms with Crippen molar-refractivity contribution >= 4 is 21.7 Å². The number of hydrogen-bond donors (Lipinski definition) is 1. The topological polar surface area (TPSA) is 72.5 Å². The fourth-order valence-electron chi connectivity index (χ4n) is 2.14. The molecule has 2 aromatic carbocycles. The van der Waals surface area contributed by atoms with E-state index in [2.05, 4.69) is 4.72 Å². The minimum absolute atomic E-state index is 0.156. The molecule has 5 nitrogen and oxygen atoms in total. The molecule has 0 bridgehead atoms. The van der Waals surface area contributed by atoms with Crippen molar-refractivity contribution in [3.05, 3.63) is 65.2 Å². The van der Waals surface area contributed by atoms with Crippen molar-refractivity contribution < 1.29 is 17.9 Å². The van der Waals surface area contributed by atoms with E-state index in [9.17, 15) is 13.2 Å². The molecule has 2 rings (SSSR count). The van der Waals surface area contributed by atoms with Crippen LogP contribution in [0.2, 0.25) is 0 Å². The number of aryl methyl sites for hydroxylation is 1. The Balaban J connectivity index is 2.24. The molecule has 0 saturated carbocycles. The highest BCUT2D eigenvalue weighted by Gasteiger charge is 2.18. The maximum absolute atomic E-state index is 12.4. The predicted octanol–water partition coefficient (Wildman–Crippen LogP) is 3.11. The van der Waals surface area contributed by atoms with Crippen molar-refractivity contribution in [3.8, 4) is 0 Å². The van der Waals surface area contributed by atoms with Crippen molar-refractivity contribution in [3.63, 3.8) is 0 Å². The molecule has 0 atom stereocenters. The molecule has 1 N–H and O–H groups in total. The Labute approximate surface area is 136 Å². The van der Waals surface area contributed by atoms with Crippen LogP contribution < -0.4 is 4.72 Å². The summed E-state index contributed by atoms with van der Waals surface area (Å²) < 4.78 is 32.2. The Morgan fingerprint density at radius 3 is 2.43 bits per heavy atom. The molecule has 0 aromatic heterocycles. The quantitative estimate of drug-likeness (QED) is 0.825. The van der Waals surface area contributed by atoms with E-state index >= 15 is 0 Å². The molecule has 122 valence electrons. The van der Waals surface area contributed by atoms with Crippen LogP contribution in [-0.2, 0) is 20.5 Å². The van der Waals surface area contributed by atoms with Crippen LogP contribution in [0.5, 0.6) is 0 Å². The average molecular weight is 333 g/mol. The summed E-state index contributed by atoms with van der Waals surface area (Å²) in [6.45, 7) is 3.78. The van der Waals surface area contributed by atoms with Gasteiger partial charge in [0, 0.05) is 0 Å². The summed E-state index contributed by atoms with van der Waals surface area (Å²) >= 11 is 0. The van der Waals surface area contributed by atoms with Gasteiger partial charge in [-0.15, -0.1) is 0 Å². The van der Waals surface area contributed by atoms with Gasteiger partial charge in [0.15, 0.2) is 0 Å². The SMILES string of the molecule is CCOC(=O)c1ccccc1NS(=O)(=O)Cc1ccccc1C. The molecule has 0 heterocycles. The molecule has 23 heavy (non-hydrogen) atoms. The van der Waals surface area contributed by atoms with Crippen LogP contribution in [0.1, 0.15) is 28.4 Å². The first-order valence-electron chi connectivity index (χ1n) is 7.24. The molecule has 0 unspecified atom stereocenters. The summed E-state index contributed by atoms with van der Waals surface area (Å²) in [4.78, 5) is 11.9. The molecule has 0 saturated heterocycles. The Morgan fingerprint density at radius 1 is 1.09 bits per heavy atom. The van der Waals surface area contributed by atoms with Crippen LogP contribution in [0.15, 0.2) is 48.5 Å². The Kier molecular flexibility index (Phi) is 5.39. The molecular weight excluding hydrogens is 314 g/mol. The smallest absolute Gasteiger partial charge is 0.340 e. The zero-order valence-corrected chi connectivity index (χ0v) is 13.9. The van der Waals surface area contributed by atoms with Gasteiger partial charge in [0.25, 0.3) is 0 Å². The largest absolute Gasteiger partial charge is 0.462 e. The first-order valence-corrected chi connectivity index (χ1v) is 8.89. The maximum Gasteiger partial charge on any atom is 0.340 e. The van der Waals surface area contributed by atoms with Crippen molar-refractivity contribution in [1.82, 2.24) is 0 Å². The van der Waals surface area contributed by atoms with E-state index in [1.807, 2.05) is 19.1 Å². The van der Waals surface area contributed by atoms with Gasteiger partial charge in [-0.2, -0.15) is 0 Å². The molecule has 2 aromatic rings. The highest BCUT2D eigenvalue weighted by atomic mass is 32.2. The van der Waals surface area contributed by atoms with Gasteiger partial charge < -0.3 is 4.74 Å². The number of benzene rings is 2. The lowest BCUT2D eigenvalue weighted by atomic mass is 10.1. The lowest BCUT2D eigenvalue weighted by Crippen LogP contribution is -2.18. The molecule has 0 aliphatic carbocycles. The van der Waals surface area contributed by atoms with Gasteiger partial charge in [0.05, 0.1) is 23.6 Å². The molecule has 0 aliphatic rings. The van der Waals surface area contributed by atoms with Crippen LogP contribution >= 0.6 is 0 Å². The number of esters is 1. The lowest BCUT2D eigenvalue weighted by molar-refractivity contribution is 0.0527. The van der Waals surface area contributed by atoms with Gasteiger partial charge in [0.1, 0.15) is 0 Å². The third kappa shape index (κ3) is 4.56. The van der Waals surface area contributed by atoms with E-state index in [0.717, 1.165) is 5.56 Å². The van der Waals surface area contributed by atoms with E-state index in [4.69, 9.17) is 4.74 Å².